The number of hydrogen-bond acceptors (Lipinski definition) is 1. The van der Waals surface area contributed by atoms with E-state index in [1.54, 1.807) is 0 Å². The van der Waals surface area contributed by atoms with Crippen LogP contribution in [-0.4, -0.2) is 13.7 Å². The SMILES string of the molecule is c1ccc(-n2c3ccccc3c3cc(N4c5ccccc5-n5c6c4cccc6c4ccc6c(c7ccccc7n6-c6ccccc6)c45)ccc32)cc1. The molecule has 0 spiro atoms. The first-order valence-electron chi connectivity index (χ1n) is 17.9. The van der Waals surface area contributed by atoms with E-state index in [4.69, 9.17) is 0 Å². The molecule has 0 bridgehead atoms. The van der Waals surface area contributed by atoms with Gasteiger partial charge in [0.25, 0.3) is 0 Å². The smallest absolute Gasteiger partial charge is 0.0783 e. The molecule has 4 nitrogen and oxygen atoms in total. The molecular formula is C48H30N4. The molecular weight excluding hydrogens is 633 g/mol. The Kier molecular flexibility index (Phi) is 5.47. The lowest BCUT2D eigenvalue weighted by Crippen LogP contribution is -2.18. The van der Waals surface area contributed by atoms with Crippen LogP contribution in [0.5, 0.6) is 0 Å². The summed E-state index contributed by atoms with van der Waals surface area (Å²) in [5.41, 5.74) is 14.3. The minimum absolute atomic E-state index is 1.14. The first-order valence-corrected chi connectivity index (χ1v) is 17.9. The second kappa shape index (κ2) is 10.3. The summed E-state index contributed by atoms with van der Waals surface area (Å²) in [5.74, 6) is 0. The standard InChI is InChI=1S/C48H30N4/c1-3-14-31(15-4-1)49-39-21-9-7-18-34(39)38-30-33(26-28-41(38)49)51-42-23-11-12-24-43(42)52-47-35(20-13-25-45(47)51)36-27-29-44-46(48(36)52)37-19-8-10-22-40(37)50(44)32-16-5-2-6-17-32/h1-30H. The molecule has 11 aromatic rings. The summed E-state index contributed by atoms with van der Waals surface area (Å²) in [5, 5.41) is 7.54. The number of benzene rings is 8. The fourth-order valence-corrected chi connectivity index (χ4v) is 9.07. The molecule has 0 atom stereocenters. The number of hydrogen-bond donors (Lipinski definition) is 0. The molecule has 12 rings (SSSR count). The van der Waals surface area contributed by atoms with Crippen LogP contribution in [0.1, 0.15) is 0 Å². The highest BCUT2D eigenvalue weighted by atomic mass is 15.2. The van der Waals surface area contributed by atoms with Crippen molar-refractivity contribution in [3.05, 3.63) is 182 Å². The summed E-state index contributed by atoms with van der Waals surface area (Å²) in [6, 6.07) is 66.4. The molecule has 0 aliphatic carbocycles. The van der Waals surface area contributed by atoms with Crippen molar-refractivity contribution in [2.75, 3.05) is 4.90 Å². The van der Waals surface area contributed by atoms with Gasteiger partial charge >= 0.3 is 0 Å². The van der Waals surface area contributed by atoms with Crippen molar-refractivity contribution in [3.8, 4) is 17.1 Å². The molecule has 4 heteroatoms. The normalized spacial score (nSPS) is 12.6. The topological polar surface area (TPSA) is 18.0 Å². The Morgan fingerprint density at radius 1 is 0.269 bits per heavy atom. The third kappa shape index (κ3) is 3.55. The number of anilines is 3. The summed E-state index contributed by atoms with van der Waals surface area (Å²) >= 11 is 0. The molecule has 3 aromatic heterocycles. The van der Waals surface area contributed by atoms with Crippen molar-refractivity contribution in [3.63, 3.8) is 0 Å². The average Bonchev–Trinajstić information content (AvgIpc) is 3.85. The van der Waals surface area contributed by atoms with Crippen LogP contribution in [0.2, 0.25) is 0 Å². The second-order valence-electron chi connectivity index (χ2n) is 13.8. The third-order valence-electron chi connectivity index (χ3n) is 11.1. The van der Waals surface area contributed by atoms with Gasteiger partial charge in [-0.1, -0.05) is 103 Å². The van der Waals surface area contributed by atoms with E-state index in [2.05, 4.69) is 201 Å². The molecule has 0 saturated heterocycles. The molecule has 0 N–H and O–H groups in total. The predicted molar refractivity (Wildman–Crippen MR) is 218 cm³/mol. The fourth-order valence-electron chi connectivity index (χ4n) is 9.07. The zero-order valence-electron chi connectivity index (χ0n) is 28.1. The van der Waals surface area contributed by atoms with Gasteiger partial charge in [-0.25, -0.2) is 0 Å². The van der Waals surface area contributed by atoms with Gasteiger partial charge in [-0.3, -0.25) is 0 Å². The maximum absolute atomic E-state index is 2.54. The number of fused-ring (bicyclic) bond motifs is 12. The minimum atomic E-state index is 1.14. The number of nitrogens with zero attached hydrogens (tertiary/aromatic N) is 4. The minimum Gasteiger partial charge on any atom is -0.309 e. The van der Waals surface area contributed by atoms with Crippen LogP contribution < -0.4 is 4.90 Å². The van der Waals surface area contributed by atoms with Crippen LogP contribution in [0.4, 0.5) is 17.1 Å². The molecule has 0 unspecified atom stereocenters. The highest BCUT2D eigenvalue weighted by Crippen LogP contribution is 2.52. The van der Waals surface area contributed by atoms with E-state index >= 15 is 0 Å². The first-order chi connectivity index (χ1) is 25.8. The van der Waals surface area contributed by atoms with Crippen LogP contribution in [-0.2, 0) is 0 Å². The van der Waals surface area contributed by atoms with E-state index in [0.717, 1.165) is 11.4 Å². The van der Waals surface area contributed by atoms with Crippen LogP contribution >= 0.6 is 0 Å². The molecule has 1 aliphatic rings. The van der Waals surface area contributed by atoms with E-state index in [0.29, 0.717) is 0 Å². The molecule has 1 aliphatic heterocycles. The van der Waals surface area contributed by atoms with Gasteiger partial charge in [-0.2, -0.15) is 0 Å². The van der Waals surface area contributed by atoms with Crippen LogP contribution in [0.25, 0.3) is 82.5 Å². The molecule has 52 heavy (non-hydrogen) atoms. The number of para-hydroxylation sites is 7. The molecule has 0 saturated carbocycles. The summed E-state index contributed by atoms with van der Waals surface area (Å²) in [6.45, 7) is 0. The Hall–Kier alpha value is -7.04. The number of aromatic nitrogens is 3. The van der Waals surface area contributed by atoms with Gasteiger partial charge in [0, 0.05) is 49.4 Å². The molecule has 4 heterocycles. The lowest BCUT2D eigenvalue weighted by Gasteiger charge is -2.33. The monoisotopic (exact) mass is 662 g/mol. The molecule has 0 amide bonds. The Balaban J connectivity index is 1.18. The van der Waals surface area contributed by atoms with Gasteiger partial charge in [0.15, 0.2) is 0 Å². The molecule has 0 radical (unpaired) electrons. The van der Waals surface area contributed by atoms with Crippen LogP contribution in [0.15, 0.2) is 182 Å². The van der Waals surface area contributed by atoms with Crippen molar-refractivity contribution in [2.24, 2.45) is 0 Å². The Bertz CT molecular complexity index is 3230. The van der Waals surface area contributed by atoms with Gasteiger partial charge < -0.3 is 18.6 Å². The van der Waals surface area contributed by atoms with E-state index in [9.17, 15) is 0 Å². The molecule has 8 aromatic carbocycles. The maximum Gasteiger partial charge on any atom is 0.0783 e. The highest BCUT2D eigenvalue weighted by Gasteiger charge is 2.30. The van der Waals surface area contributed by atoms with Gasteiger partial charge in [0.2, 0.25) is 0 Å². The largest absolute Gasteiger partial charge is 0.309 e. The fraction of sp³-hybridized carbons (Fsp3) is 0. The highest BCUT2D eigenvalue weighted by molar-refractivity contribution is 6.28. The molecule has 242 valence electrons. The Morgan fingerprint density at radius 2 is 0.808 bits per heavy atom. The van der Waals surface area contributed by atoms with Gasteiger partial charge in [0.1, 0.15) is 0 Å². The van der Waals surface area contributed by atoms with Crippen molar-refractivity contribution in [1.82, 2.24) is 13.7 Å². The lowest BCUT2D eigenvalue weighted by molar-refractivity contribution is 1.12. The van der Waals surface area contributed by atoms with Crippen molar-refractivity contribution < 1.29 is 0 Å². The quantitative estimate of drug-likeness (QED) is 0.184. The predicted octanol–water partition coefficient (Wildman–Crippen LogP) is 12.8. The van der Waals surface area contributed by atoms with E-state index in [-0.39, 0.29) is 0 Å². The van der Waals surface area contributed by atoms with Crippen molar-refractivity contribution >= 4 is 82.5 Å². The number of rotatable bonds is 3. The zero-order chi connectivity index (χ0) is 33.9. The van der Waals surface area contributed by atoms with Crippen LogP contribution in [0.3, 0.4) is 0 Å². The van der Waals surface area contributed by atoms with Crippen molar-refractivity contribution in [2.45, 2.75) is 0 Å². The van der Waals surface area contributed by atoms with Gasteiger partial charge in [-0.05, 0) is 78.9 Å². The summed E-state index contributed by atoms with van der Waals surface area (Å²) in [6.07, 6.45) is 0. The summed E-state index contributed by atoms with van der Waals surface area (Å²) in [4.78, 5) is 2.47. The summed E-state index contributed by atoms with van der Waals surface area (Å²) in [7, 11) is 0. The summed E-state index contributed by atoms with van der Waals surface area (Å²) < 4.78 is 7.34. The van der Waals surface area contributed by atoms with E-state index in [1.165, 1.54) is 88.2 Å². The second-order valence-corrected chi connectivity index (χ2v) is 13.8. The van der Waals surface area contributed by atoms with Crippen molar-refractivity contribution in [1.29, 1.82) is 0 Å². The average molecular weight is 663 g/mol. The molecule has 0 fully saturated rings. The van der Waals surface area contributed by atoms with Gasteiger partial charge in [0.05, 0.1) is 50.2 Å². The van der Waals surface area contributed by atoms with E-state index < -0.39 is 0 Å². The van der Waals surface area contributed by atoms with Gasteiger partial charge in [-0.15, -0.1) is 0 Å². The lowest BCUT2D eigenvalue weighted by atomic mass is 10.1. The Morgan fingerprint density at radius 3 is 1.58 bits per heavy atom. The third-order valence-corrected chi connectivity index (χ3v) is 11.1. The van der Waals surface area contributed by atoms with E-state index in [1.807, 2.05) is 0 Å². The maximum atomic E-state index is 2.54. The first kappa shape index (κ1) is 27.7. The Labute approximate surface area is 299 Å². The zero-order valence-corrected chi connectivity index (χ0v) is 28.1. The van der Waals surface area contributed by atoms with Crippen LogP contribution in [0, 0.1) is 0 Å².